The molecule has 0 aliphatic carbocycles. The summed E-state index contributed by atoms with van der Waals surface area (Å²) >= 11 is 3.56. The van der Waals surface area contributed by atoms with E-state index in [1.54, 1.807) is 6.20 Å². The van der Waals surface area contributed by atoms with E-state index in [-0.39, 0.29) is 5.91 Å². The van der Waals surface area contributed by atoms with Crippen molar-refractivity contribution in [1.29, 1.82) is 0 Å². The largest absolute Gasteiger partial charge is 0.324 e. The highest BCUT2D eigenvalue weighted by Gasteiger charge is 2.26. The van der Waals surface area contributed by atoms with Crippen LogP contribution in [0, 0.1) is 0 Å². The Kier molecular flexibility index (Phi) is 6.82. The first-order valence-electron chi connectivity index (χ1n) is 10.8. The van der Waals surface area contributed by atoms with Crippen LogP contribution in [0.5, 0.6) is 0 Å². The number of nitrogens with zero attached hydrogens (tertiary/aromatic N) is 3. The molecule has 29 heavy (non-hydrogen) atoms. The van der Waals surface area contributed by atoms with Crippen LogP contribution in [-0.4, -0.2) is 42.0 Å². The highest BCUT2D eigenvalue weighted by molar-refractivity contribution is 9.10. The van der Waals surface area contributed by atoms with Crippen LogP contribution in [0.15, 0.2) is 41.0 Å². The number of rotatable bonds is 7. The molecule has 3 heterocycles. The van der Waals surface area contributed by atoms with Crippen LogP contribution in [0.3, 0.4) is 0 Å². The molecule has 0 spiro atoms. The van der Waals surface area contributed by atoms with E-state index in [1.807, 2.05) is 30.3 Å². The monoisotopic (exact) mass is 456 g/mol. The quantitative estimate of drug-likeness (QED) is 0.551. The number of likely N-dealkylation sites (tertiary alicyclic amines) is 1. The van der Waals surface area contributed by atoms with E-state index in [0.717, 1.165) is 34.6 Å². The van der Waals surface area contributed by atoms with Gasteiger partial charge in [-0.1, -0.05) is 35.2 Å². The van der Waals surface area contributed by atoms with E-state index >= 15 is 0 Å². The Hall–Kier alpha value is -1.92. The molecule has 2 aromatic rings. The van der Waals surface area contributed by atoms with Crippen LogP contribution in [0.2, 0.25) is 0 Å². The third kappa shape index (κ3) is 4.98. The van der Waals surface area contributed by atoms with Gasteiger partial charge in [0.1, 0.15) is 0 Å². The predicted molar refractivity (Wildman–Crippen MR) is 122 cm³/mol. The van der Waals surface area contributed by atoms with Crippen LogP contribution in [0.1, 0.15) is 55.3 Å². The number of hydrogen-bond donors (Lipinski definition) is 1. The molecule has 0 bridgehead atoms. The number of halogens is 1. The lowest BCUT2D eigenvalue weighted by atomic mass is 10.1. The first-order chi connectivity index (χ1) is 14.2. The lowest BCUT2D eigenvalue weighted by molar-refractivity contribution is 0.102. The van der Waals surface area contributed by atoms with E-state index in [1.165, 1.54) is 58.2 Å². The molecule has 1 saturated heterocycles. The van der Waals surface area contributed by atoms with E-state index in [4.69, 9.17) is 0 Å². The van der Waals surface area contributed by atoms with Gasteiger partial charge in [0.25, 0.3) is 5.91 Å². The standard InChI is InChI=1S/C23H29BrN4O/c24-18-10-11-19-21(17-18)28(22-20(26-23(19)29)9-8-12-25-22)16-7-2-1-4-13-27-14-5-3-6-15-27/h8-12,17H,1-7,13-16H2,(H,26,29). The second kappa shape index (κ2) is 9.72. The molecule has 0 radical (unpaired) electrons. The fraction of sp³-hybridized carbons (Fsp3) is 0.478. The molecule has 4 rings (SSSR count). The third-order valence-electron chi connectivity index (χ3n) is 5.84. The Labute approximate surface area is 181 Å². The number of amides is 1. The number of anilines is 3. The topological polar surface area (TPSA) is 48.5 Å². The summed E-state index contributed by atoms with van der Waals surface area (Å²) in [5.41, 5.74) is 2.38. The number of benzene rings is 1. The fourth-order valence-electron chi connectivity index (χ4n) is 4.30. The Bertz CT molecular complexity index is 851. The molecular formula is C23H29BrN4O. The molecule has 1 aromatic heterocycles. The number of aromatic nitrogens is 1. The summed E-state index contributed by atoms with van der Waals surface area (Å²) in [6.07, 6.45) is 10.7. The minimum absolute atomic E-state index is 0.0780. The molecule has 0 atom stereocenters. The van der Waals surface area contributed by atoms with Gasteiger partial charge in [0.05, 0.1) is 16.9 Å². The zero-order valence-corrected chi connectivity index (χ0v) is 18.5. The number of carbonyl (C=O) groups is 1. The van der Waals surface area contributed by atoms with Gasteiger partial charge in [-0.15, -0.1) is 0 Å². The van der Waals surface area contributed by atoms with Crippen LogP contribution < -0.4 is 10.2 Å². The number of nitrogens with one attached hydrogen (secondary N) is 1. The van der Waals surface area contributed by atoms with Crippen LogP contribution in [0.25, 0.3) is 0 Å². The average Bonchev–Trinajstić information content (AvgIpc) is 2.85. The maximum Gasteiger partial charge on any atom is 0.257 e. The summed E-state index contributed by atoms with van der Waals surface area (Å²) in [5.74, 6) is 0.747. The van der Waals surface area contributed by atoms with E-state index in [9.17, 15) is 4.79 Å². The van der Waals surface area contributed by atoms with Gasteiger partial charge in [0.15, 0.2) is 5.82 Å². The number of hydrogen-bond acceptors (Lipinski definition) is 4. The first kappa shape index (κ1) is 20.4. The number of unbranched alkanes of at least 4 members (excludes halogenated alkanes) is 3. The van der Waals surface area contributed by atoms with Crippen molar-refractivity contribution >= 4 is 39.0 Å². The normalized spacial score (nSPS) is 16.7. The summed E-state index contributed by atoms with van der Waals surface area (Å²) in [5, 5.41) is 3.01. The second-order valence-corrected chi connectivity index (χ2v) is 8.87. The molecule has 2 aliphatic heterocycles. The van der Waals surface area contributed by atoms with Crippen LogP contribution >= 0.6 is 15.9 Å². The summed E-state index contributed by atoms with van der Waals surface area (Å²) in [7, 11) is 0. The molecule has 6 heteroatoms. The number of piperidine rings is 1. The Balaban J connectivity index is 1.40. The van der Waals surface area contributed by atoms with Gasteiger partial charge in [-0.3, -0.25) is 4.79 Å². The minimum Gasteiger partial charge on any atom is -0.324 e. The van der Waals surface area contributed by atoms with Gasteiger partial charge >= 0.3 is 0 Å². The molecular weight excluding hydrogens is 428 g/mol. The second-order valence-electron chi connectivity index (χ2n) is 7.96. The predicted octanol–water partition coefficient (Wildman–Crippen LogP) is 5.59. The van der Waals surface area contributed by atoms with Crippen molar-refractivity contribution in [3.8, 4) is 0 Å². The van der Waals surface area contributed by atoms with Crippen molar-refractivity contribution in [3.63, 3.8) is 0 Å². The highest BCUT2D eigenvalue weighted by atomic mass is 79.9. The van der Waals surface area contributed by atoms with E-state index in [2.05, 4.69) is 36.0 Å². The molecule has 0 saturated carbocycles. The Morgan fingerprint density at radius 1 is 1.00 bits per heavy atom. The summed E-state index contributed by atoms with van der Waals surface area (Å²) in [4.78, 5) is 22.1. The van der Waals surface area contributed by atoms with E-state index < -0.39 is 0 Å². The van der Waals surface area contributed by atoms with Crippen molar-refractivity contribution in [2.24, 2.45) is 0 Å². The minimum atomic E-state index is -0.0780. The number of fused-ring (bicyclic) bond motifs is 2. The van der Waals surface area contributed by atoms with Crippen molar-refractivity contribution in [1.82, 2.24) is 9.88 Å². The van der Waals surface area contributed by atoms with E-state index in [0.29, 0.717) is 5.56 Å². The smallest absolute Gasteiger partial charge is 0.257 e. The zero-order valence-electron chi connectivity index (χ0n) is 16.9. The highest BCUT2D eigenvalue weighted by Crippen LogP contribution is 2.37. The van der Waals surface area contributed by atoms with Crippen LogP contribution in [0.4, 0.5) is 17.2 Å². The van der Waals surface area contributed by atoms with Gasteiger partial charge in [0, 0.05) is 17.2 Å². The zero-order chi connectivity index (χ0) is 20.1. The van der Waals surface area contributed by atoms with Crippen molar-refractivity contribution in [2.45, 2.75) is 44.9 Å². The first-order valence-corrected chi connectivity index (χ1v) is 11.6. The van der Waals surface area contributed by atoms with Gasteiger partial charge < -0.3 is 15.1 Å². The van der Waals surface area contributed by atoms with Crippen molar-refractivity contribution in [2.75, 3.05) is 36.4 Å². The molecule has 1 fully saturated rings. The van der Waals surface area contributed by atoms with Crippen LogP contribution in [-0.2, 0) is 0 Å². The van der Waals surface area contributed by atoms with Crippen molar-refractivity contribution in [3.05, 3.63) is 46.6 Å². The molecule has 5 nitrogen and oxygen atoms in total. The van der Waals surface area contributed by atoms with Gasteiger partial charge in [-0.05, 0) is 75.6 Å². The SMILES string of the molecule is O=C1Nc2cccnc2N(CCCCCCN2CCCCC2)c2cc(Br)ccc21. The lowest BCUT2D eigenvalue weighted by Gasteiger charge is -2.26. The average molecular weight is 457 g/mol. The number of carbonyl (C=O) groups excluding carboxylic acids is 1. The Morgan fingerprint density at radius 2 is 1.79 bits per heavy atom. The fourth-order valence-corrected chi connectivity index (χ4v) is 4.65. The van der Waals surface area contributed by atoms with Gasteiger partial charge in [-0.2, -0.15) is 0 Å². The number of pyridine rings is 1. The van der Waals surface area contributed by atoms with Crippen molar-refractivity contribution < 1.29 is 4.79 Å². The maximum atomic E-state index is 12.7. The third-order valence-corrected chi connectivity index (χ3v) is 6.33. The van der Waals surface area contributed by atoms with Gasteiger partial charge in [0.2, 0.25) is 0 Å². The summed E-state index contributed by atoms with van der Waals surface area (Å²) < 4.78 is 0.968. The molecule has 1 aromatic carbocycles. The summed E-state index contributed by atoms with van der Waals surface area (Å²) in [6, 6.07) is 9.61. The Morgan fingerprint density at radius 3 is 2.62 bits per heavy atom. The molecule has 154 valence electrons. The van der Waals surface area contributed by atoms with Gasteiger partial charge in [-0.25, -0.2) is 4.98 Å². The maximum absolute atomic E-state index is 12.7. The molecule has 2 aliphatic rings. The molecule has 0 unspecified atom stereocenters. The lowest BCUT2D eigenvalue weighted by Crippen LogP contribution is -2.30. The molecule has 1 amide bonds. The molecule has 1 N–H and O–H groups in total. The summed E-state index contributed by atoms with van der Waals surface area (Å²) in [6.45, 7) is 4.65.